The third-order valence-corrected chi connectivity index (χ3v) is 1.95. The molecule has 15 heavy (non-hydrogen) atoms. The summed E-state index contributed by atoms with van der Waals surface area (Å²) in [4.78, 5) is 0. The Kier molecular flexibility index (Phi) is 2.49. The van der Waals surface area contributed by atoms with Crippen molar-refractivity contribution in [3.05, 3.63) is 36.7 Å². The number of hydrogen-bond donors (Lipinski definition) is 0. The van der Waals surface area contributed by atoms with Gasteiger partial charge in [0.25, 0.3) is 5.89 Å². The number of aromatic nitrogens is 2. The molecule has 0 saturated carbocycles. The predicted octanol–water partition coefficient (Wildman–Crippen LogP) is 2.39. The van der Waals surface area contributed by atoms with Gasteiger partial charge >= 0.3 is 0 Å². The Balaban J connectivity index is 2.48. The Morgan fingerprint density at radius 2 is 2.13 bits per heavy atom. The first-order valence-corrected chi connectivity index (χ1v) is 4.44. The van der Waals surface area contributed by atoms with Crippen molar-refractivity contribution in [2.45, 2.75) is 0 Å². The summed E-state index contributed by atoms with van der Waals surface area (Å²) in [6.45, 7) is 3.55. The number of hydrogen-bond acceptors (Lipinski definition) is 4. The molecule has 0 amide bonds. The molecule has 2 rings (SSSR count). The van der Waals surface area contributed by atoms with Crippen LogP contribution in [0.5, 0.6) is 5.75 Å². The molecule has 0 radical (unpaired) electrons. The molecule has 2 aromatic rings. The molecule has 0 fully saturated rings. The lowest BCUT2D eigenvalue weighted by Gasteiger charge is -2.02. The minimum absolute atomic E-state index is 0.399. The molecule has 4 heteroatoms. The minimum Gasteiger partial charge on any atom is -0.496 e. The van der Waals surface area contributed by atoms with E-state index in [1.54, 1.807) is 7.11 Å². The van der Waals surface area contributed by atoms with Gasteiger partial charge in [0.1, 0.15) is 5.75 Å². The van der Waals surface area contributed by atoms with E-state index in [2.05, 4.69) is 16.8 Å². The van der Waals surface area contributed by atoms with Crippen LogP contribution in [0.15, 0.2) is 35.3 Å². The SMILES string of the molecule is C=Cc1nnc(-c2ccccc2OC)o1. The first-order valence-electron chi connectivity index (χ1n) is 4.44. The van der Waals surface area contributed by atoms with Crippen molar-refractivity contribution in [1.82, 2.24) is 10.2 Å². The summed E-state index contributed by atoms with van der Waals surface area (Å²) >= 11 is 0. The minimum atomic E-state index is 0.399. The van der Waals surface area contributed by atoms with Gasteiger partial charge in [0.15, 0.2) is 0 Å². The second-order valence-corrected chi connectivity index (χ2v) is 2.85. The Morgan fingerprint density at radius 1 is 1.33 bits per heavy atom. The number of methoxy groups -OCH3 is 1. The van der Waals surface area contributed by atoms with E-state index < -0.39 is 0 Å². The average molecular weight is 202 g/mol. The van der Waals surface area contributed by atoms with Crippen LogP contribution in [-0.4, -0.2) is 17.3 Å². The molecule has 0 aliphatic carbocycles. The third-order valence-electron chi connectivity index (χ3n) is 1.95. The van der Waals surface area contributed by atoms with E-state index in [0.29, 0.717) is 17.5 Å². The van der Waals surface area contributed by atoms with Gasteiger partial charge < -0.3 is 9.15 Å². The molecule has 0 bridgehead atoms. The van der Waals surface area contributed by atoms with Gasteiger partial charge in [-0.15, -0.1) is 10.2 Å². The molecular weight excluding hydrogens is 192 g/mol. The van der Waals surface area contributed by atoms with Crippen LogP contribution in [0.3, 0.4) is 0 Å². The van der Waals surface area contributed by atoms with Crippen LogP contribution in [0.1, 0.15) is 5.89 Å². The second-order valence-electron chi connectivity index (χ2n) is 2.85. The predicted molar refractivity (Wildman–Crippen MR) is 56.4 cm³/mol. The summed E-state index contributed by atoms with van der Waals surface area (Å²) in [6, 6.07) is 7.47. The van der Waals surface area contributed by atoms with Gasteiger partial charge in [0, 0.05) is 0 Å². The second kappa shape index (κ2) is 3.96. The molecule has 1 aromatic heterocycles. The molecule has 76 valence electrons. The fourth-order valence-electron chi connectivity index (χ4n) is 1.25. The van der Waals surface area contributed by atoms with E-state index in [4.69, 9.17) is 9.15 Å². The van der Waals surface area contributed by atoms with Crippen LogP contribution < -0.4 is 4.74 Å². The molecule has 4 nitrogen and oxygen atoms in total. The van der Waals surface area contributed by atoms with E-state index in [1.165, 1.54) is 6.08 Å². The van der Waals surface area contributed by atoms with Crippen molar-refractivity contribution >= 4 is 6.08 Å². The van der Waals surface area contributed by atoms with Crippen molar-refractivity contribution in [1.29, 1.82) is 0 Å². The zero-order valence-corrected chi connectivity index (χ0v) is 8.30. The first kappa shape index (κ1) is 9.45. The van der Waals surface area contributed by atoms with E-state index in [1.807, 2.05) is 24.3 Å². The monoisotopic (exact) mass is 202 g/mol. The van der Waals surface area contributed by atoms with Gasteiger partial charge in [0.05, 0.1) is 12.7 Å². The molecule has 0 spiro atoms. The lowest BCUT2D eigenvalue weighted by molar-refractivity contribution is 0.414. The molecule has 0 aliphatic rings. The highest BCUT2D eigenvalue weighted by atomic mass is 16.5. The van der Waals surface area contributed by atoms with Crippen molar-refractivity contribution < 1.29 is 9.15 Å². The topological polar surface area (TPSA) is 48.2 Å². The maximum absolute atomic E-state index is 5.34. The zero-order valence-electron chi connectivity index (χ0n) is 8.30. The Hall–Kier alpha value is -2.10. The lowest BCUT2D eigenvalue weighted by Crippen LogP contribution is -1.87. The molecule has 0 saturated heterocycles. The third kappa shape index (κ3) is 1.74. The Morgan fingerprint density at radius 3 is 2.80 bits per heavy atom. The highest BCUT2D eigenvalue weighted by Gasteiger charge is 2.10. The summed E-state index contributed by atoms with van der Waals surface area (Å²) in [5.74, 6) is 1.54. The van der Waals surface area contributed by atoms with Gasteiger partial charge in [-0.3, -0.25) is 0 Å². The van der Waals surface area contributed by atoms with Gasteiger partial charge in [-0.25, -0.2) is 0 Å². The zero-order chi connectivity index (χ0) is 10.7. The van der Waals surface area contributed by atoms with Gasteiger partial charge in [-0.2, -0.15) is 0 Å². The summed E-state index contributed by atoms with van der Waals surface area (Å²) < 4.78 is 10.5. The first-order chi connectivity index (χ1) is 7.35. The van der Waals surface area contributed by atoms with Crippen LogP contribution in [0.2, 0.25) is 0 Å². The number of ether oxygens (including phenoxy) is 1. The average Bonchev–Trinajstić information content (AvgIpc) is 2.77. The molecular formula is C11H10N2O2. The largest absolute Gasteiger partial charge is 0.496 e. The van der Waals surface area contributed by atoms with Crippen LogP contribution in [0, 0.1) is 0 Å². The van der Waals surface area contributed by atoms with E-state index in [-0.39, 0.29) is 0 Å². The van der Waals surface area contributed by atoms with E-state index >= 15 is 0 Å². The number of nitrogens with zero attached hydrogens (tertiary/aromatic N) is 2. The molecule has 0 aliphatic heterocycles. The normalized spacial score (nSPS) is 9.93. The molecule has 0 unspecified atom stereocenters. The van der Waals surface area contributed by atoms with Gasteiger partial charge in [0.2, 0.25) is 5.89 Å². The lowest BCUT2D eigenvalue weighted by atomic mass is 10.2. The van der Waals surface area contributed by atoms with Crippen molar-refractivity contribution in [2.75, 3.05) is 7.11 Å². The van der Waals surface area contributed by atoms with Gasteiger partial charge in [-0.1, -0.05) is 18.7 Å². The van der Waals surface area contributed by atoms with Crippen molar-refractivity contribution in [2.24, 2.45) is 0 Å². The number of rotatable bonds is 3. The van der Waals surface area contributed by atoms with E-state index in [0.717, 1.165) is 5.56 Å². The van der Waals surface area contributed by atoms with Crippen LogP contribution >= 0.6 is 0 Å². The molecule has 0 N–H and O–H groups in total. The fourth-order valence-corrected chi connectivity index (χ4v) is 1.25. The molecule has 1 heterocycles. The highest BCUT2D eigenvalue weighted by molar-refractivity contribution is 5.62. The summed E-state index contributed by atoms with van der Waals surface area (Å²) in [6.07, 6.45) is 1.51. The smallest absolute Gasteiger partial charge is 0.251 e. The van der Waals surface area contributed by atoms with E-state index in [9.17, 15) is 0 Å². The molecule has 0 atom stereocenters. The maximum Gasteiger partial charge on any atom is 0.251 e. The summed E-state index contributed by atoms with van der Waals surface area (Å²) in [5.41, 5.74) is 0.778. The fraction of sp³-hybridized carbons (Fsp3) is 0.0909. The Bertz CT molecular complexity index is 477. The Labute approximate surface area is 87.2 Å². The summed E-state index contributed by atoms with van der Waals surface area (Å²) in [5, 5.41) is 7.69. The maximum atomic E-state index is 5.34. The van der Waals surface area contributed by atoms with Crippen LogP contribution in [-0.2, 0) is 0 Å². The summed E-state index contributed by atoms with van der Waals surface area (Å²) in [7, 11) is 1.60. The molecule has 1 aromatic carbocycles. The highest BCUT2D eigenvalue weighted by Crippen LogP contribution is 2.28. The quantitative estimate of drug-likeness (QED) is 0.766. The van der Waals surface area contributed by atoms with Crippen LogP contribution in [0.4, 0.5) is 0 Å². The van der Waals surface area contributed by atoms with Gasteiger partial charge in [-0.05, 0) is 18.2 Å². The number of benzene rings is 1. The van der Waals surface area contributed by atoms with Crippen LogP contribution in [0.25, 0.3) is 17.5 Å². The number of para-hydroxylation sites is 1. The van der Waals surface area contributed by atoms with Crippen molar-refractivity contribution in [3.63, 3.8) is 0 Å². The standard InChI is InChI=1S/C11H10N2O2/c1-3-10-12-13-11(15-10)8-6-4-5-7-9(8)14-2/h3-7H,1H2,2H3. The van der Waals surface area contributed by atoms with Crippen molar-refractivity contribution in [3.8, 4) is 17.2 Å².